The number of amides is 1. The number of aliphatic hydroxyl groups is 1. The third-order valence-corrected chi connectivity index (χ3v) is 13.9. The molecule has 1 amide bonds. The Labute approximate surface area is 324 Å². The highest BCUT2D eigenvalue weighted by Gasteiger charge is 2.59. The molecule has 3 fully saturated rings. The summed E-state index contributed by atoms with van der Waals surface area (Å²) in [6.45, 7) is 14.8. The summed E-state index contributed by atoms with van der Waals surface area (Å²) < 4.78 is 46.1. The van der Waals surface area contributed by atoms with Gasteiger partial charge in [0.25, 0.3) is 0 Å². The van der Waals surface area contributed by atoms with Crippen LogP contribution in [0.3, 0.4) is 0 Å². The van der Waals surface area contributed by atoms with Crippen molar-refractivity contribution in [2.45, 2.75) is 124 Å². The van der Waals surface area contributed by atoms with E-state index in [2.05, 4.69) is 55.2 Å². The standard InChI is InChI=1S/C40H72NO12P/c1-29(2)8-6-9-30(3)35-12-13-36-34-11-10-31-26-33(14-16-39(31,4)37(34)15-17-40(35,36)5)52-38(43)41-18-7-19-47-20-21-48-22-23-49-24-25-50-27-32(42)28-51-54(45,46)53-44/h10,29-30,32-37,42,44H,6-9,11-28H2,1-5H3,(H,41,43)(H,45,46)/t30-,32?,33+,34?,35?,36?,37?,39+,40-/m0/s1. The normalized spacial score (nSPS) is 31.5. The second-order valence-corrected chi connectivity index (χ2v) is 18.6. The van der Waals surface area contributed by atoms with Crippen LogP contribution in [-0.4, -0.2) is 99.6 Å². The summed E-state index contributed by atoms with van der Waals surface area (Å²) in [5, 5.41) is 20.7. The highest BCUT2D eigenvalue weighted by Crippen LogP contribution is 2.67. The van der Waals surface area contributed by atoms with E-state index in [1.165, 1.54) is 51.4 Å². The van der Waals surface area contributed by atoms with E-state index in [9.17, 15) is 14.5 Å². The first-order valence-electron chi connectivity index (χ1n) is 20.7. The minimum absolute atomic E-state index is 0.0561. The number of carbonyl (C=O) groups excluding carboxylic acids is 1. The summed E-state index contributed by atoms with van der Waals surface area (Å²) >= 11 is 0. The zero-order chi connectivity index (χ0) is 39.2. The predicted molar refractivity (Wildman–Crippen MR) is 205 cm³/mol. The lowest BCUT2D eigenvalue weighted by Crippen LogP contribution is -2.51. The molecule has 54 heavy (non-hydrogen) atoms. The number of alkyl carbamates (subject to hydrolysis) is 1. The molecule has 0 saturated heterocycles. The largest absolute Gasteiger partial charge is 0.499 e. The van der Waals surface area contributed by atoms with Gasteiger partial charge in [0.05, 0.1) is 52.9 Å². The molecule has 4 rings (SSSR count). The Kier molecular flexibility index (Phi) is 18.7. The number of hydrogen-bond donors (Lipinski definition) is 4. The van der Waals surface area contributed by atoms with Gasteiger partial charge in [0.15, 0.2) is 0 Å². The van der Waals surface area contributed by atoms with Gasteiger partial charge in [0.1, 0.15) is 12.2 Å². The van der Waals surface area contributed by atoms with E-state index in [1.54, 1.807) is 5.57 Å². The molecular weight excluding hydrogens is 717 g/mol. The molecule has 4 aliphatic carbocycles. The first-order valence-corrected chi connectivity index (χ1v) is 22.2. The quantitative estimate of drug-likeness (QED) is 0.0236. The molecule has 0 aromatic heterocycles. The van der Waals surface area contributed by atoms with E-state index < -0.39 is 20.5 Å². The average Bonchev–Trinajstić information content (AvgIpc) is 3.49. The fourth-order valence-corrected chi connectivity index (χ4v) is 10.8. The van der Waals surface area contributed by atoms with E-state index in [1.807, 2.05) is 0 Å². The molecule has 0 bridgehead atoms. The van der Waals surface area contributed by atoms with Gasteiger partial charge >= 0.3 is 13.9 Å². The van der Waals surface area contributed by atoms with Crippen LogP contribution in [0.2, 0.25) is 0 Å². The molecule has 0 radical (unpaired) electrons. The number of carbonyl (C=O) groups is 1. The van der Waals surface area contributed by atoms with Crippen molar-refractivity contribution in [3.63, 3.8) is 0 Å². The number of fused-ring (bicyclic) bond motifs is 5. The van der Waals surface area contributed by atoms with E-state index in [4.69, 9.17) is 33.8 Å². The average molecular weight is 790 g/mol. The van der Waals surface area contributed by atoms with E-state index in [0.717, 1.165) is 54.8 Å². The van der Waals surface area contributed by atoms with Crippen LogP contribution in [0.15, 0.2) is 11.6 Å². The number of nitrogens with one attached hydrogen (secondary N) is 1. The third kappa shape index (κ3) is 13.2. The zero-order valence-electron chi connectivity index (χ0n) is 33.7. The van der Waals surface area contributed by atoms with Gasteiger partial charge in [-0.15, -0.1) is 4.67 Å². The number of phosphoric acid groups is 1. The van der Waals surface area contributed by atoms with Crippen molar-refractivity contribution in [1.82, 2.24) is 5.32 Å². The van der Waals surface area contributed by atoms with Crippen LogP contribution in [0, 0.1) is 46.3 Å². The molecule has 0 heterocycles. The Balaban J connectivity index is 1.02. The molecule has 3 saturated carbocycles. The van der Waals surface area contributed by atoms with Gasteiger partial charge in [0.2, 0.25) is 0 Å². The lowest BCUT2D eigenvalue weighted by atomic mass is 9.47. The van der Waals surface area contributed by atoms with Crippen molar-refractivity contribution >= 4 is 13.9 Å². The van der Waals surface area contributed by atoms with Gasteiger partial charge in [-0.3, -0.25) is 4.52 Å². The predicted octanol–water partition coefficient (Wildman–Crippen LogP) is 7.55. The molecule has 4 N–H and O–H groups in total. The highest BCUT2D eigenvalue weighted by atomic mass is 31.2. The lowest BCUT2D eigenvalue weighted by Gasteiger charge is -2.58. The van der Waals surface area contributed by atoms with Gasteiger partial charge in [-0.2, -0.15) is 0 Å². The topological polar surface area (TPSA) is 171 Å². The van der Waals surface area contributed by atoms with Crippen molar-refractivity contribution in [3.05, 3.63) is 11.6 Å². The minimum atomic E-state index is -4.56. The van der Waals surface area contributed by atoms with Crippen LogP contribution < -0.4 is 5.32 Å². The minimum Gasteiger partial charge on any atom is -0.446 e. The van der Waals surface area contributed by atoms with Crippen molar-refractivity contribution in [2.24, 2.45) is 46.3 Å². The smallest absolute Gasteiger partial charge is 0.446 e. The van der Waals surface area contributed by atoms with Crippen LogP contribution in [0.25, 0.3) is 0 Å². The summed E-state index contributed by atoms with van der Waals surface area (Å²) in [6.07, 6.45) is 15.5. The molecule has 0 spiro atoms. The fourth-order valence-electron chi connectivity index (χ4n) is 10.4. The molecule has 4 aliphatic rings. The number of allylic oxidation sites excluding steroid dienone is 1. The molecule has 0 aromatic carbocycles. The molecule has 0 aromatic rings. The SMILES string of the molecule is CC(C)CCC[C@H](C)C1CCC2C3CC=C4C[C@H](OC(=O)NCCCOCCOCCOCCOCC(O)COP(=O)(O)OO)CC[C@@]4(C)C3CC[C@]21C. The van der Waals surface area contributed by atoms with Crippen LogP contribution in [-0.2, 0) is 37.4 Å². The second-order valence-electron chi connectivity index (χ2n) is 17.3. The molecular formula is C40H72NO12P. The zero-order valence-corrected chi connectivity index (χ0v) is 34.6. The molecule has 314 valence electrons. The first-order chi connectivity index (χ1) is 25.8. The number of ether oxygens (including phenoxy) is 5. The number of hydrogen-bond acceptors (Lipinski definition) is 11. The van der Waals surface area contributed by atoms with Gasteiger partial charge in [-0.25, -0.2) is 14.6 Å². The first kappa shape index (κ1) is 45.6. The summed E-state index contributed by atoms with van der Waals surface area (Å²) in [7, 11) is -4.56. The van der Waals surface area contributed by atoms with Gasteiger partial charge in [-0.05, 0) is 97.7 Å². The monoisotopic (exact) mass is 789 g/mol. The summed E-state index contributed by atoms with van der Waals surface area (Å²) in [5.74, 6) is 4.93. The van der Waals surface area contributed by atoms with E-state index in [-0.39, 0.29) is 37.4 Å². The van der Waals surface area contributed by atoms with Crippen LogP contribution in [0.5, 0.6) is 0 Å². The van der Waals surface area contributed by atoms with Crippen LogP contribution in [0.4, 0.5) is 4.79 Å². The molecule has 6 unspecified atom stereocenters. The summed E-state index contributed by atoms with van der Waals surface area (Å²) in [6, 6.07) is 0. The maximum absolute atomic E-state index is 12.7. The maximum atomic E-state index is 12.7. The Hall–Kier alpha value is -1.12. The molecule has 14 heteroatoms. The lowest BCUT2D eigenvalue weighted by molar-refractivity contribution is -0.164. The third-order valence-electron chi connectivity index (χ3n) is 13.2. The second kappa shape index (κ2) is 22.1. The van der Waals surface area contributed by atoms with Crippen molar-refractivity contribution in [2.75, 3.05) is 66.0 Å². The van der Waals surface area contributed by atoms with Crippen LogP contribution >= 0.6 is 7.82 Å². The Bertz CT molecular complexity index is 1210. The molecule has 10 atom stereocenters. The Morgan fingerprint density at radius 2 is 1.57 bits per heavy atom. The van der Waals surface area contributed by atoms with Crippen molar-refractivity contribution < 1.29 is 57.5 Å². The fraction of sp³-hybridized carbons (Fsp3) is 0.925. The van der Waals surface area contributed by atoms with Gasteiger partial charge < -0.3 is 39.0 Å². The Morgan fingerprint density at radius 1 is 0.889 bits per heavy atom. The van der Waals surface area contributed by atoms with E-state index in [0.29, 0.717) is 51.4 Å². The number of phosphoric ester groups is 1. The van der Waals surface area contributed by atoms with Crippen LogP contribution in [0.1, 0.15) is 112 Å². The maximum Gasteiger partial charge on any atom is 0.499 e. The number of aliphatic hydroxyl groups excluding tert-OH is 1. The number of rotatable bonds is 25. The Morgan fingerprint density at radius 3 is 2.26 bits per heavy atom. The van der Waals surface area contributed by atoms with Crippen molar-refractivity contribution in [1.29, 1.82) is 0 Å². The van der Waals surface area contributed by atoms with Gasteiger partial charge in [-0.1, -0.05) is 65.5 Å². The van der Waals surface area contributed by atoms with E-state index >= 15 is 0 Å². The van der Waals surface area contributed by atoms with Gasteiger partial charge in [0, 0.05) is 19.6 Å². The summed E-state index contributed by atoms with van der Waals surface area (Å²) in [4.78, 5) is 21.5. The molecule has 13 nitrogen and oxygen atoms in total. The summed E-state index contributed by atoms with van der Waals surface area (Å²) in [5.41, 5.74) is 2.28. The van der Waals surface area contributed by atoms with Crippen molar-refractivity contribution in [3.8, 4) is 0 Å². The highest BCUT2D eigenvalue weighted by molar-refractivity contribution is 7.47. The molecule has 0 aliphatic heterocycles.